The minimum atomic E-state index is 0.217. The Hall–Kier alpha value is -1.70. The lowest BCUT2D eigenvalue weighted by Crippen LogP contribution is -2.10. The summed E-state index contributed by atoms with van der Waals surface area (Å²) in [5, 5.41) is 0. The largest absolute Gasteiger partial charge is 0.245 e. The summed E-state index contributed by atoms with van der Waals surface area (Å²) in [7, 11) is 0. The molecule has 0 saturated carbocycles. The average molecular weight is 226 g/mol. The molecule has 2 aromatic rings. The van der Waals surface area contributed by atoms with Gasteiger partial charge >= 0.3 is 0 Å². The molecule has 2 nitrogen and oxygen atoms in total. The van der Waals surface area contributed by atoms with Crippen LogP contribution in [-0.2, 0) is 11.8 Å². The van der Waals surface area contributed by atoms with Crippen molar-refractivity contribution >= 4 is 0 Å². The van der Waals surface area contributed by atoms with Crippen LogP contribution in [0.3, 0.4) is 0 Å². The number of hydrogen-bond acceptors (Lipinski definition) is 2. The van der Waals surface area contributed by atoms with E-state index in [1.807, 2.05) is 12.4 Å². The zero-order valence-corrected chi connectivity index (χ0v) is 10.6. The highest BCUT2D eigenvalue weighted by molar-refractivity contribution is 5.30. The van der Waals surface area contributed by atoms with Crippen molar-refractivity contribution in [2.45, 2.75) is 32.6 Å². The van der Waals surface area contributed by atoms with Gasteiger partial charge in [0.15, 0.2) is 0 Å². The Morgan fingerprint density at radius 3 is 2.00 bits per heavy atom. The smallest absolute Gasteiger partial charge is 0.115 e. The van der Waals surface area contributed by atoms with Gasteiger partial charge in [0.25, 0.3) is 0 Å². The van der Waals surface area contributed by atoms with Crippen molar-refractivity contribution < 1.29 is 0 Å². The van der Waals surface area contributed by atoms with E-state index in [-0.39, 0.29) is 5.41 Å². The maximum atomic E-state index is 4.03. The van der Waals surface area contributed by atoms with Crippen LogP contribution >= 0.6 is 0 Å². The number of aromatic nitrogens is 2. The van der Waals surface area contributed by atoms with Gasteiger partial charge < -0.3 is 0 Å². The fourth-order valence-corrected chi connectivity index (χ4v) is 1.78. The van der Waals surface area contributed by atoms with Crippen LogP contribution in [-0.4, -0.2) is 9.97 Å². The second-order valence-electron chi connectivity index (χ2n) is 5.37. The van der Waals surface area contributed by atoms with E-state index < -0.39 is 0 Å². The monoisotopic (exact) mass is 226 g/mol. The molecule has 1 heterocycles. The molecule has 2 heteroatoms. The molecule has 0 aliphatic heterocycles. The predicted molar refractivity (Wildman–Crippen MR) is 70.0 cm³/mol. The summed E-state index contributed by atoms with van der Waals surface area (Å²) in [4.78, 5) is 8.05. The maximum absolute atomic E-state index is 4.03. The molecule has 0 fully saturated rings. The van der Waals surface area contributed by atoms with Gasteiger partial charge in [-0.15, -0.1) is 0 Å². The van der Waals surface area contributed by atoms with Crippen molar-refractivity contribution in [1.82, 2.24) is 9.97 Å². The van der Waals surface area contributed by atoms with Crippen LogP contribution in [0, 0.1) is 0 Å². The fourth-order valence-electron chi connectivity index (χ4n) is 1.78. The van der Waals surface area contributed by atoms with Gasteiger partial charge in [0.2, 0.25) is 0 Å². The van der Waals surface area contributed by atoms with E-state index in [1.165, 1.54) is 11.1 Å². The lowest BCUT2D eigenvalue weighted by molar-refractivity contribution is 0.590. The first-order chi connectivity index (χ1) is 8.05. The summed E-state index contributed by atoms with van der Waals surface area (Å²) in [5.41, 5.74) is 4.03. The SMILES string of the molecule is CC(C)(C)c1ccc(Cc2cncnc2)cc1. The summed E-state index contributed by atoms with van der Waals surface area (Å²) in [6.45, 7) is 6.69. The second-order valence-corrected chi connectivity index (χ2v) is 5.37. The van der Waals surface area contributed by atoms with Gasteiger partial charge in [-0.2, -0.15) is 0 Å². The average Bonchev–Trinajstić information content (AvgIpc) is 2.30. The van der Waals surface area contributed by atoms with Crippen molar-refractivity contribution in [2.24, 2.45) is 0 Å². The number of rotatable bonds is 2. The number of hydrogen-bond donors (Lipinski definition) is 0. The molecular formula is C15H18N2. The summed E-state index contributed by atoms with van der Waals surface area (Å²) in [5.74, 6) is 0. The molecule has 0 radical (unpaired) electrons. The first-order valence-corrected chi connectivity index (χ1v) is 5.89. The van der Waals surface area contributed by atoms with Crippen molar-refractivity contribution in [2.75, 3.05) is 0 Å². The molecule has 0 bridgehead atoms. The quantitative estimate of drug-likeness (QED) is 0.784. The van der Waals surface area contributed by atoms with Gasteiger partial charge in [-0.05, 0) is 22.1 Å². The van der Waals surface area contributed by atoms with Crippen LogP contribution < -0.4 is 0 Å². The summed E-state index contributed by atoms with van der Waals surface area (Å²) in [6.07, 6.45) is 6.19. The molecule has 2 rings (SSSR count). The van der Waals surface area contributed by atoms with E-state index in [1.54, 1.807) is 6.33 Å². The number of nitrogens with zero attached hydrogens (tertiary/aromatic N) is 2. The third-order valence-corrected chi connectivity index (χ3v) is 2.84. The number of benzene rings is 1. The second kappa shape index (κ2) is 4.66. The first kappa shape index (κ1) is 11.8. The van der Waals surface area contributed by atoms with E-state index in [2.05, 4.69) is 55.0 Å². The van der Waals surface area contributed by atoms with Crippen molar-refractivity contribution in [1.29, 1.82) is 0 Å². The van der Waals surface area contributed by atoms with Gasteiger partial charge in [0.05, 0.1) is 0 Å². The third-order valence-electron chi connectivity index (χ3n) is 2.84. The first-order valence-electron chi connectivity index (χ1n) is 5.89. The highest BCUT2D eigenvalue weighted by atomic mass is 14.8. The van der Waals surface area contributed by atoms with Gasteiger partial charge in [-0.1, -0.05) is 45.0 Å². The molecule has 0 aliphatic rings. The fraction of sp³-hybridized carbons (Fsp3) is 0.333. The van der Waals surface area contributed by atoms with Gasteiger partial charge in [0, 0.05) is 18.8 Å². The standard InChI is InChI=1S/C15H18N2/c1-15(2,3)14-6-4-12(5-7-14)8-13-9-16-11-17-10-13/h4-7,9-11H,8H2,1-3H3. The Kier molecular flexibility index (Phi) is 3.23. The molecule has 88 valence electrons. The molecule has 1 aromatic carbocycles. The topological polar surface area (TPSA) is 25.8 Å². The third kappa shape index (κ3) is 3.13. The molecule has 0 N–H and O–H groups in total. The molecule has 0 atom stereocenters. The zero-order valence-electron chi connectivity index (χ0n) is 10.6. The molecule has 17 heavy (non-hydrogen) atoms. The normalized spacial score (nSPS) is 11.5. The van der Waals surface area contributed by atoms with Crippen molar-refractivity contribution in [3.05, 3.63) is 59.7 Å². The van der Waals surface area contributed by atoms with Crippen LogP contribution in [0.15, 0.2) is 43.0 Å². The highest BCUT2D eigenvalue weighted by Gasteiger charge is 2.12. The highest BCUT2D eigenvalue weighted by Crippen LogP contribution is 2.22. The zero-order chi connectivity index (χ0) is 12.3. The van der Waals surface area contributed by atoms with E-state index in [0.717, 1.165) is 12.0 Å². The molecule has 0 aliphatic carbocycles. The maximum Gasteiger partial charge on any atom is 0.115 e. The molecule has 0 spiro atoms. The van der Waals surface area contributed by atoms with E-state index in [9.17, 15) is 0 Å². The summed E-state index contributed by atoms with van der Waals surface area (Å²) in [6, 6.07) is 8.79. The Morgan fingerprint density at radius 2 is 1.47 bits per heavy atom. The van der Waals surface area contributed by atoms with Gasteiger partial charge in [-0.25, -0.2) is 9.97 Å². The van der Waals surface area contributed by atoms with E-state index in [0.29, 0.717) is 0 Å². The Morgan fingerprint density at radius 1 is 0.882 bits per heavy atom. The van der Waals surface area contributed by atoms with E-state index >= 15 is 0 Å². The Labute approximate surface area is 103 Å². The van der Waals surface area contributed by atoms with E-state index in [4.69, 9.17) is 0 Å². The summed E-state index contributed by atoms with van der Waals surface area (Å²) >= 11 is 0. The molecule has 1 aromatic heterocycles. The van der Waals surface area contributed by atoms with Crippen LogP contribution in [0.2, 0.25) is 0 Å². The Bertz CT molecular complexity index is 467. The Balaban J connectivity index is 2.14. The minimum absolute atomic E-state index is 0.217. The van der Waals surface area contributed by atoms with Gasteiger partial charge in [-0.3, -0.25) is 0 Å². The van der Waals surface area contributed by atoms with Crippen LogP contribution in [0.4, 0.5) is 0 Å². The lowest BCUT2D eigenvalue weighted by Gasteiger charge is -2.19. The van der Waals surface area contributed by atoms with Crippen molar-refractivity contribution in [3.8, 4) is 0 Å². The van der Waals surface area contributed by atoms with Crippen LogP contribution in [0.25, 0.3) is 0 Å². The molecule has 0 unspecified atom stereocenters. The molecule has 0 amide bonds. The lowest BCUT2D eigenvalue weighted by atomic mass is 9.86. The molecular weight excluding hydrogens is 208 g/mol. The minimum Gasteiger partial charge on any atom is -0.245 e. The molecule has 0 saturated heterocycles. The summed E-state index contributed by atoms with van der Waals surface area (Å²) < 4.78 is 0. The van der Waals surface area contributed by atoms with Gasteiger partial charge in [0.1, 0.15) is 6.33 Å². The van der Waals surface area contributed by atoms with Crippen molar-refractivity contribution in [3.63, 3.8) is 0 Å². The predicted octanol–water partition coefficient (Wildman–Crippen LogP) is 3.36. The van der Waals surface area contributed by atoms with Crippen LogP contribution in [0.1, 0.15) is 37.5 Å². The van der Waals surface area contributed by atoms with Crippen LogP contribution in [0.5, 0.6) is 0 Å².